The lowest BCUT2D eigenvalue weighted by molar-refractivity contribution is 0.347. The van der Waals surface area contributed by atoms with Gasteiger partial charge in [0.2, 0.25) is 0 Å². The molecule has 1 saturated heterocycles. The molecular weight excluding hydrogens is 239 g/mol. The van der Waals surface area contributed by atoms with E-state index in [1.54, 1.807) is 12.1 Å². The van der Waals surface area contributed by atoms with Crippen LogP contribution in [0.5, 0.6) is 0 Å². The lowest BCUT2D eigenvalue weighted by Crippen LogP contribution is -2.29. The number of benzene rings is 1. The van der Waals surface area contributed by atoms with Crippen molar-refractivity contribution in [1.29, 1.82) is 0 Å². The zero-order valence-electron chi connectivity index (χ0n) is 11.9. The number of para-hydroxylation sites is 1. The Balaban J connectivity index is 1.81. The fourth-order valence-corrected chi connectivity index (χ4v) is 2.90. The number of piperidine rings is 1. The highest BCUT2D eigenvalue weighted by Crippen LogP contribution is 2.21. The molecule has 0 atom stereocenters. The van der Waals surface area contributed by atoms with E-state index in [4.69, 9.17) is 0 Å². The third-order valence-electron chi connectivity index (χ3n) is 4.07. The van der Waals surface area contributed by atoms with Gasteiger partial charge in [-0.2, -0.15) is 0 Å². The van der Waals surface area contributed by atoms with Crippen molar-refractivity contribution in [2.24, 2.45) is 5.92 Å². The molecular formula is C16H25FN2. The summed E-state index contributed by atoms with van der Waals surface area (Å²) in [4.78, 5) is 2.15. The molecule has 1 aromatic rings. The van der Waals surface area contributed by atoms with E-state index in [-0.39, 0.29) is 5.82 Å². The van der Waals surface area contributed by atoms with Crippen molar-refractivity contribution in [3.63, 3.8) is 0 Å². The van der Waals surface area contributed by atoms with E-state index < -0.39 is 0 Å². The standard InChI is InChI=1S/C16H25FN2/c1-2-19(16-8-4-3-7-15(16)17)13-5-6-14-9-11-18-12-10-14/h3-4,7-8,14,18H,2,5-6,9-13H2,1H3. The summed E-state index contributed by atoms with van der Waals surface area (Å²) in [6, 6.07) is 7.09. The third kappa shape index (κ3) is 4.20. The molecule has 0 saturated carbocycles. The molecule has 0 unspecified atom stereocenters. The van der Waals surface area contributed by atoms with Crippen LogP contribution < -0.4 is 10.2 Å². The number of rotatable bonds is 6. The highest BCUT2D eigenvalue weighted by molar-refractivity contribution is 5.47. The Morgan fingerprint density at radius 2 is 2.00 bits per heavy atom. The first kappa shape index (κ1) is 14.3. The van der Waals surface area contributed by atoms with E-state index in [1.165, 1.54) is 19.3 Å². The highest BCUT2D eigenvalue weighted by atomic mass is 19.1. The van der Waals surface area contributed by atoms with Crippen LogP contribution in [0.1, 0.15) is 32.6 Å². The van der Waals surface area contributed by atoms with Gasteiger partial charge in [0.1, 0.15) is 5.82 Å². The lowest BCUT2D eigenvalue weighted by Gasteiger charge is -2.26. The summed E-state index contributed by atoms with van der Waals surface area (Å²) < 4.78 is 13.8. The largest absolute Gasteiger partial charge is 0.369 e. The van der Waals surface area contributed by atoms with Crippen LogP contribution in [0.15, 0.2) is 24.3 Å². The van der Waals surface area contributed by atoms with Crippen LogP contribution in [0.2, 0.25) is 0 Å². The Morgan fingerprint density at radius 3 is 2.68 bits per heavy atom. The molecule has 0 aromatic heterocycles. The molecule has 1 aromatic carbocycles. The van der Waals surface area contributed by atoms with E-state index in [9.17, 15) is 4.39 Å². The maximum absolute atomic E-state index is 13.8. The minimum absolute atomic E-state index is 0.105. The molecule has 0 aliphatic carbocycles. The first-order valence-corrected chi connectivity index (χ1v) is 7.51. The molecule has 19 heavy (non-hydrogen) atoms. The van der Waals surface area contributed by atoms with Crippen molar-refractivity contribution < 1.29 is 4.39 Å². The zero-order chi connectivity index (χ0) is 13.5. The molecule has 0 radical (unpaired) electrons. The van der Waals surface area contributed by atoms with Crippen molar-refractivity contribution in [3.05, 3.63) is 30.1 Å². The number of hydrogen-bond donors (Lipinski definition) is 1. The fraction of sp³-hybridized carbons (Fsp3) is 0.625. The summed E-state index contributed by atoms with van der Waals surface area (Å²) >= 11 is 0. The summed E-state index contributed by atoms with van der Waals surface area (Å²) in [6.45, 7) is 6.25. The van der Waals surface area contributed by atoms with Gasteiger partial charge in [-0.25, -0.2) is 4.39 Å². The minimum atomic E-state index is -0.105. The van der Waals surface area contributed by atoms with Crippen LogP contribution in [0, 0.1) is 11.7 Å². The highest BCUT2D eigenvalue weighted by Gasteiger charge is 2.14. The predicted molar refractivity (Wildman–Crippen MR) is 79.1 cm³/mol. The van der Waals surface area contributed by atoms with Gasteiger partial charge >= 0.3 is 0 Å². The monoisotopic (exact) mass is 264 g/mol. The Kier molecular flexibility index (Phi) is 5.64. The molecule has 3 heteroatoms. The summed E-state index contributed by atoms with van der Waals surface area (Å²) in [5.41, 5.74) is 0.746. The first-order valence-electron chi connectivity index (χ1n) is 7.51. The molecule has 0 spiro atoms. The number of halogens is 1. The average Bonchev–Trinajstić information content (AvgIpc) is 2.46. The molecule has 0 bridgehead atoms. The Hall–Kier alpha value is -1.09. The molecule has 1 fully saturated rings. The molecule has 0 amide bonds. The molecule has 1 N–H and O–H groups in total. The Morgan fingerprint density at radius 1 is 1.26 bits per heavy atom. The second kappa shape index (κ2) is 7.49. The van der Waals surface area contributed by atoms with Crippen LogP contribution >= 0.6 is 0 Å². The van der Waals surface area contributed by atoms with Crippen molar-refractivity contribution in [1.82, 2.24) is 5.32 Å². The third-order valence-corrected chi connectivity index (χ3v) is 4.07. The maximum Gasteiger partial charge on any atom is 0.146 e. The molecule has 1 aliphatic rings. The van der Waals surface area contributed by atoms with Crippen molar-refractivity contribution in [2.75, 3.05) is 31.1 Å². The van der Waals surface area contributed by atoms with Crippen molar-refractivity contribution in [2.45, 2.75) is 32.6 Å². The van der Waals surface area contributed by atoms with Crippen LogP contribution in [0.25, 0.3) is 0 Å². The molecule has 2 rings (SSSR count). The lowest BCUT2D eigenvalue weighted by atomic mass is 9.93. The van der Waals surface area contributed by atoms with Crippen LogP contribution in [-0.4, -0.2) is 26.2 Å². The smallest absolute Gasteiger partial charge is 0.146 e. The van der Waals surface area contributed by atoms with Gasteiger partial charge in [0.15, 0.2) is 0 Å². The quantitative estimate of drug-likeness (QED) is 0.847. The van der Waals surface area contributed by atoms with E-state index in [0.29, 0.717) is 0 Å². The van der Waals surface area contributed by atoms with Gasteiger partial charge in [0.05, 0.1) is 5.69 Å². The Labute approximate surface area is 116 Å². The van der Waals surface area contributed by atoms with Gasteiger partial charge in [0, 0.05) is 13.1 Å². The minimum Gasteiger partial charge on any atom is -0.369 e. The van der Waals surface area contributed by atoms with Crippen LogP contribution in [0.4, 0.5) is 10.1 Å². The second-order valence-corrected chi connectivity index (χ2v) is 5.37. The molecule has 1 heterocycles. The second-order valence-electron chi connectivity index (χ2n) is 5.37. The van der Waals surface area contributed by atoms with Crippen LogP contribution in [0.3, 0.4) is 0 Å². The van der Waals surface area contributed by atoms with Gasteiger partial charge in [-0.3, -0.25) is 0 Å². The van der Waals surface area contributed by atoms with Crippen molar-refractivity contribution >= 4 is 5.69 Å². The maximum atomic E-state index is 13.8. The van der Waals surface area contributed by atoms with Gasteiger partial charge in [-0.1, -0.05) is 12.1 Å². The summed E-state index contributed by atoms with van der Waals surface area (Å²) in [5, 5.41) is 3.40. The summed E-state index contributed by atoms with van der Waals surface area (Å²) in [7, 11) is 0. The topological polar surface area (TPSA) is 15.3 Å². The molecule has 2 nitrogen and oxygen atoms in total. The average molecular weight is 264 g/mol. The van der Waals surface area contributed by atoms with Gasteiger partial charge in [-0.15, -0.1) is 0 Å². The van der Waals surface area contributed by atoms with Crippen LogP contribution in [-0.2, 0) is 0 Å². The molecule has 106 valence electrons. The fourth-order valence-electron chi connectivity index (χ4n) is 2.90. The number of nitrogens with one attached hydrogen (secondary N) is 1. The zero-order valence-corrected chi connectivity index (χ0v) is 11.9. The van der Waals surface area contributed by atoms with Gasteiger partial charge in [0.25, 0.3) is 0 Å². The SMILES string of the molecule is CCN(CCCC1CCNCC1)c1ccccc1F. The van der Waals surface area contributed by atoms with E-state index in [2.05, 4.69) is 17.1 Å². The predicted octanol–water partition coefficient (Wildman–Crippen LogP) is 3.43. The van der Waals surface area contributed by atoms with E-state index >= 15 is 0 Å². The Bertz CT molecular complexity index is 375. The van der Waals surface area contributed by atoms with E-state index in [1.807, 2.05) is 12.1 Å². The van der Waals surface area contributed by atoms with Gasteiger partial charge in [-0.05, 0) is 63.7 Å². The summed E-state index contributed by atoms with van der Waals surface area (Å²) in [5.74, 6) is 0.756. The summed E-state index contributed by atoms with van der Waals surface area (Å²) in [6.07, 6.45) is 5.02. The first-order chi connectivity index (χ1) is 9.31. The molecule has 1 aliphatic heterocycles. The van der Waals surface area contributed by atoms with Gasteiger partial charge < -0.3 is 10.2 Å². The van der Waals surface area contributed by atoms with Crippen molar-refractivity contribution in [3.8, 4) is 0 Å². The van der Waals surface area contributed by atoms with E-state index in [0.717, 1.165) is 44.2 Å². The normalized spacial score (nSPS) is 16.5. The number of hydrogen-bond acceptors (Lipinski definition) is 2. The number of anilines is 1. The number of nitrogens with zero attached hydrogens (tertiary/aromatic N) is 1.